The molecule has 2 atom stereocenters. The van der Waals surface area contributed by atoms with Gasteiger partial charge in [-0.25, -0.2) is 21.6 Å². The minimum Gasteiger partial charge on any atom is -0.390 e. The Kier molecular flexibility index (Phi) is 3.94. The summed E-state index contributed by atoms with van der Waals surface area (Å²) in [6, 6.07) is 4.01. The lowest BCUT2D eigenvalue weighted by Crippen LogP contribution is -2.42. The monoisotopic (exact) mass is 319 g/mol. The maximum absolute atomic E-state index is 12.3. The summed E-state index contributed by atoms with van der Waals surface area (Å²) in [4.78, 5) is 0.106. The molecule has 0 unspecified atom stereocenters. The van der Waals surface area contributed by atoms with Crippen molar-refractivity contribution in [1.82, 2.24) is 4.72 Å². The van der Waals surface area contributed by atoms with Crippen LogP contribution in [-0.4, -0.2) is 45.6 Å². The van der Waals surface area contributed by atoms with Crippen LogP contribution < -0.4 is 4.72 Å². The molecule has 0 spiro atoms. The van der Waals surface area contributed by atoms with Crippen LogP contribution in [0.2, 0.25) is 0 Å². The van der Waals surface area contributed by atoms with Crippen LogP contribution in [0.4, 0.5) is 0 Å². The van der Waals surface area contributed by atoms with Crippen molar-refractivity contribution in [1.29, 1.82) is 0 Å². The largest absolute Gasteiger partial charge is 0.390 e. The van der Waals surface area contributed by atoms with E-state index in [2.05, 4.69) is 4.72 Å². The minimum atomic E-state index is -3.85. The maximum Gasteiger partial charge on any atom is 0.241 e. The molecular weight excluding hydrogens is 302 g/mol. The maximum atomic E-state index is 12.3. The number of aliphatic hydroxyl groups is 1. The van der Waals surface area contributed by atoms with Crippen LogP contribution in [0.3, 0.4) is 0 Å². The Labute approximate surface area is 118 Å². The number of aryl methyl sites for hydroxylation is 2. The first kappa shape index (κ1) is 15.4. The van der Waals surface area contributed by atoms with Crippen molar-refractivity contribution in [2.75, 3.05) is 11.5 Å². The average molecular weight is 319 g/mol. The number of sulfone groups is 1. The zero-order valence-corrected chi connectivity index (χ0v) is 12.8. The molecule has 20 heavy (non-hydrogen) atoms. The Morgan fingerprint density at radius 2 is 1.90 bits per heavy atom. The second-order valence-electron chi connectivity index (χ2n) is 5.14. The predicted molar refractivity (Wildman–Crippen MR) is 74.7 cm³/mol. The summed E-state index contributed by atoms with van der Waals surface area (Å²) in [6.45, 7) is 3.43. The molecule has 0 amide bonds. The zero-order chi connectivity index (χ0) is 15.1. The summed E-state index contributed by atoms with van der Waals surface area (Å²) >= 11 is 0. The molecule has 1 aliphatic rings. The number of aliphatic hydroxyl groups excluding tert-OH is 1. The van der Waals surface area contributed by atoms with E-state index in [1.807, 2.05) is 0 Å². The Balaban J connectivity index is 2.31. The summed E-state index contributed by atoms with van der Waals surface area (Å²) in [5.74, 6) is -0.786. The van der Waals surface area contributed by atoms with E-state index in [9.17, 15) is 21.9 Å². The minimum absolute atomic E-state index is 0.106. The van der Waals surface area contributed by atoms with Gasteiger partial charge >= 0.3 is 0 Å². The molecule has 2 rings (SSSR count). The van der Waals surface area contributed by atoms with Crippen molar-refractivity contribution in [3.63, 3.8) is 0 Å². The fourth-order valence-corrected chi connectivity index (χ4v) is 5.65. The highest BCUT2D eigenvalue weighted by molar-refractivity contribution is 7.92. The lowest BCUT2D eigenvalue weighted by molar-refractivity contribution is 0.176. The highest BCUT2D eigenvalue weighted by Crippen LogP contribution is 2.20. The van der Waals surface area contributed by atoms with E-state index in [1.54, 1.807) is 26.0 Å². The SMILES string of the molecule is Cc1ccc(C)c(S(=O)(=O)N[C@H]2CS(=O)(=O)C[C@@H]2O)c1. The Morgan fingerprint density at radius 1 is 1.25 bits per heavy atom. The van der Waals surface area contributed by atoms with E-state index >= 15 is 0 Å². The molecule has 1 aromatic rings. The molecule has 0 saturated carbocycles. The van der Waals surface area contributed by atoms with Gasteiger partial charge in [0, 0.05) is 0 Å². The molecule has 1 aliphatic heterocycles. The molecule has 1 fully saturated rings. The van der Waals surface area contributed by atoms with Gasteiger partial charge in [-0.15, -0.1) is 0 Å². The van der Waals surface area contributed by atoms with Crippen LogP contribution in [0.1, 0.15) is 11.1 Å². The molecule has 1 aromatic carbocycles. The number of nitrogens with one attached hydrogen (secondary N) is 1. The molecule has 2 N–H and O–H groups in total. The third kappa shape index (κ3) is 3.20. The second kappa shape index (κ2) is 5.10. The van der Waals surface area contributed by atoms with Crippen molar-refractivity contribution in [2.45, 2.75) is 30.9 Å². The number of hydrogen-bond donors (Lipinski definition) is 2. The first-order valence-corrected chi connectivity index (χ1v) is 9.39. The van der Waals surface area contributed by atoms with Crippen molar-refractivity contribution in [3.05, 3.63) is 29.3 Å². The number of hydrogen-bond acceptors (Lipinski definition) is 5. The van der Waals surface area contributed by atoms with Gasteiger partial charge < -0.3 is 5.11 Å². The van der Waals surface area contributed by atoms with Crippen LogP contribution in [0.5, 0.6) is 0 Å². The van der Waals surface area contributed by atoms with Crippen LogP contribution in [-0.2, 0) is 19.9 Å². The summed E-state index contributed by atoms with van der Waals surface area (Å²) in [5.41, 5.74) is 1.36. The normalized spacial score (nSPS) is 25.8. The van der Waals surface area contributed by atoms with Crippen LogP contribution in [0.15, 0.2) is 23.1 Å². The van der Waals surface area contributed by atoms with E-state index in [0.29, 0.717) is 5.56 Å². The van der Waals surface area contributed by atoms with Gasteiger partial charge in [0.1, 0.15) is 0 Å². The lowest BCUT2D eigenvalue weighted by atomic mass is 10.2. The molecular formula is C12H17NO5S2. The average Bonchev–Trinajstić information content (AvgIpc) is 2.54. The van der Waals surface area contributed by atoms with E-state index < -0.39 is 37.8 Å². The lowest BCUT2D eigenvalue weighted by Gasteiger charge is -2.16. The third-order valence-electron chi connectivity index (χ3n) is 3.26. The molecule has 0 aromatic heterocycles. The number of benzene rings is 1. The van der Waals surface area contributed by atoms with Gasteiger partial charge in [0.05, 0.1) is 28.5 Å². The van der Waals surface area contributed by atoms with E-state index in [1.165, 1.54) is 6.07 Å². The molecule has 1 heterocycles. The third-order valence-corrected chi connectivity index (χ3v) is 6.61. The summed E-state index contributed by atoms with van der Waals surface area (Å²) in [5, 5.41) is 9.65. The Morgan fingerprint density at radius 3 is 2.45 bits per heavy atom. The van der Waals surface area contributed by atoms with Gasteiger partial charge in [-0.1, -0.05) is 12.1 Å². The van der Waals surface area contributed by atoms with Crippen molar-refractivity contribution in [2.24, 2.45) is 0 Å². The van der Waals surface area contributed by atoms with E-state index in [-0.39, 0.29) is 10.6 Å². The first-order valence-electron chi connectivity index (χ1n) is 6.09. The molecule has 0 aliphatic carbocycles. The van der Waals surface area contributed by atoms with Gasteiger partial charge in [0.2, 0.25) is 10.0 Å². The second-order valence-corrected chi connectivity index (χ2v) is 8.98. The van der Waals surface area contributed by atoms with Crippen molar-refractivity contribution >= 4 is 19.9 Å². The molecule has 6 nitrogen and oxygen atoms in total. The first-order chi connectivity index (χ1) is 9.11. The Bertz CT molecular complexity index is 724. The predicted octanol–water partition coefficient (Wildman–Crippen LogP) is -0.260. The van der Waals surface area contributed by atoms with Crippen LogP contribution >= 0.6 is 0 Å². The molecule has 112 valence electrons. The van der Waals surface area contributed by atoms with Crippen molar-refractivity contribution in [3.8, 4) is 0 Å². The van der Waals surface area contributed by atoms with Gasteiger partial charge in [-0.3, -0.25) is 0 Å². The van der Waals surface area contributed by atoms with Gasteiger partial charge in [-0.2, -0.15) is 0 Å². The summed E-state index contributed by atoms with van der Waals surface area (Å²) < 4.78 is 49.7. The van der Waals surface area contributed by atoms with Crippen molar-refractivity contribution < 1.29 is 21.9 Å². The molecule has 0 bridgehead atoms. The standard InChI is InChI=1S/C12H17NO5S2/c1-8-3-4-9(2)12(5-8)20(17,18)13-10-6-19(15,16)7-11(10)14/h3-5,10-11,13-14H,6-7H2,1-2H3/t10-,11-/m0/s1. The molecule has 8 heteroatoms. The fourth-order valence-electron chi connectivity index (χ4n) is 2.20. The summed E-state index contributed by atoms with van der Waals surface area (Å²) in [7, 11) is -7.25. The fraction of sp³-hybridized carbons (Fsp3) is 0.500. The van der Waals surface area contributed by atoms with E-state index in [4.69, 9.17) is 0 Å². The molecule has 1 saturated heterocycles. The number of rotatable bonds is 3. The topological polar surface area (TPSA) is 101 Å². The highest BCUT2D eigenvalue weighted by Gasteiger charge is 2.39. The van der Waals surface area contributed by atoms with Gasteiger partial charge in [-0.05, 0) is 31.0 Å². The van der Waals surface area contributed by atoms with Gasteiger partial charge in [0.25, 0.3) is 0 Å². The van der Waals surface area contributed by atoms with Crippen LogP contribution in [0.25, 0.3) is 0 Å². The Hall–Kier alpha value is -0.960. The number of sulfonamides is 1. The van der Waals surface area contributed by atoms with Gasteiger partial charge in [0.15, 0.2) is 9.84 Å². The van der Waals surface area contributed by atoms with Crippen LogP contribution in [0, 0.1) is 13.8 Å². The molecule has 0 radical (unpaired) electrons. The smallest absolute Gasteiger partial charge is 0.241 e. The summed E-state index contributed by atoms with van der Waals surface area (Å²) in [6.07, 6.45) is -1.21. The highest BCUT2D eigenvalue weighted by atomic mass is 32.2. The zero-order valence-electron chi connectivity index (χ0n) is 11.2. The van der Waals surface area contributed by atoms with E-state index in [0.717, 1.165) is 5.56 Å². The quantitative estimate of drug-likeness (QED) is 0.799.